The minimum Gasteiger partial charge on any atom is -0.484 e. The number of nitrogens with zero attached hydrogens (tertiary/aromatic N) is 1. The number of Topliss-reactive ketones (excluding diaryl/α,β-unsaturated/α-hetero) is 1. The molecule has 0 saturated carbocycles. The van der Waals surface area contributed by atoms with Gasteiger partial charge in [-0.15, -0.1) is 0 Å². The number of rotatable bonds is 9. The van der Waals surface area contributed by atoms with Gasteiger partial charge < -0.3 is 10.1 Å². The van der Waals surface area contributed by atoms with Crippen LogP contribution in [-0.4, -0.2) is 36.3 Å². The fourth-order valence-corrected chi connectivity index (χ4v) is 3.79. The molecule has 0 bridgehead atoms. The van der Waals surface area contributed by atoms with Gasteiger partial charge in [-0.05, 0) is 60.7 Å². The van der Waals surface area contributed by atoms with Crippen molar-refractivity contribution in [1.29, 1.82) is 0 Å². The fourth-order valence-electron chi connectivity index (χ4n) is 3.79. The first-order valence-corrected chi connectivity index (χ1v) is 10.9. The number of carbonyl (C=O) groups is 2. The summed E-state index contributed by atoms with van der Waals surface area (Å²) in [4.78, 5) is 26.2. The number of piperidine rings is 1. The zero-order valence-corrected chi connectivity index (χ0v) is 18.0. The summed E-state index contributed by atoms with van der Waals surface area (Å²) >= 11 is 0. The van der Waals surface area contributed by atoms with Crippen LogP contribution in [0.3, 0.4) is 0 Å². The minimum atomic E-state index is -0.171. The molecule has 0 aromatic heterocycles. The molecule has 2 aromatic carbocycles. The molecule has 1 saturated heterocycles. The van der Waals surface area contributed by atoms with Crippen LogP contribution in [0, 0.1) is 5.92 Å². The number of benzene rings is 2. The second kappa shape index (κ2) is 10.9. The minimum absolute atomic E-state index is 0.0493. The zero-order valence-electron chi connectivity index (χ0n) is 18.0. The summed E-state index contributed by atoms with van der Waals surface area (Å²) in [6, 6.07) is 15.3. The predicted octanol–water partition coefficient (Wildman–Crippen LogP) is 4.21. The molecular formula is C25H32N2O3. The van der Waals surface area contributed by atoms with Crippen molar-refractivity contribution in [2.75, 3.05) is 19.7 Å². The van der Waals surface area contributed by atoms with Crippen LogP contribution in [0.4, 0.5) is 0 Å². The normalized spacial score (nSPS) is 16.8. The van der Waals surface area contributed by atoms with Crippen molar-refractivity contribution in [3.8, 4) is 5.75 Å². The van der Waals surface area contributed by atoms with E-state index >= 15 is 0 Å². The van der Waals surface area contributed by atoms with Crippen molar-refractivity contribution in [2.45, 2.75) is 46.2 Å². The largest absolute Gasteiger partial charge is 0.484 e. The Morgan fingerprint density at radius 1 is 1.07 bits per heavy atom. The van der Waals surface area contributed by atoms with Crippen LogP contribution >= 0.6 is 0 Å². The molecule has 1 N–H and O–H groups in total. The maximum absolute atomic E-state index is 12.1. The van der Waals surface area contributed by atoms with E-state index in [-0.39, 0.29) is 18.3 Å². The Balaban J connectivity index is 1.39. The molecule has 1 atom stereocenters. The van der Waals surface area contributed by atoms with E-state index in [0.717, 1.165) is 18.0 Å². The van der Waals surface area contributed by atoms with Gasteiger partial charge in [0.25, 0.3) is 5.91 Å². The number of carbonyl (C=O) groups excluding carboxylic acids is 2. The molecule has 1 amide bonds. The van der Waals surface area contributed by atoms with E-state index in [1.807, 2.05) is 6.92 Å². The van der Waals surface area contributed by atoms with Crippen molar-refractivity contribution in [2.24, 2.45) is 5.92 Å². The molecule has 1 aliphatic rings. The zero-order chi connectivity index (χ0) is 21.3. The summed E-state index contributed by atoms with van der Waals surface area (Å²) in [6.45, 7) is 7.94. The maximum atomic E-state index is 12.1. The van der Waals surface area contributed by atoms with E-state index in [2.05, 4.69) is 41.4 Å². The summed E-state index contributed by atoms with van der Waals surface area (Å²) in [5, 5.41) is 2.89. The summed E-state index contributed by atoms with van der Waals surface area (Å²) < 4.78 is 5.51. The summed E-state index contributed by atoms with van der Waals surface area (Å²) in [7, 11) is 0. The SMILES string of the molecule is CCC(=O)c1ccc(OCC(=O)NCc2ccc(CN3CCCC(C)C3)cc2)cc1. The molecular weight excluding hydrogens is 376 g/mol. The molecule has 1 aliphatic heterocycles. The number of hydrogen-bond acceptors (Lipinski definition) is 4. The highest BCUT2D eigenvalue weighted by Crippen LogP contribution is 2.18. The Labute approximate surface area is 179 Å². The molecule has 1 unspecified atom stereocenters. The first kappa shape index (κ1) is 22.0. The van der Waals surface area contributed by atoms with E-state index in [1.165, 1.54) is 31.5 Å². The van der Waals surface area contributed by atoms with Crippen LogP contribution in [0.1, 0.15) is 54.6 Å². The molecule has 0 aliphatic carbocycles. The van der Waals surface area contributed by atoms with Gasteiger partial charge >= 0.3 is 0 Å². The summed E-state index contributed by atoms with van der Waals surface area (Å²) in [6.07, 6.45) is 3.10. The molecule has 5 heteroatoms. The van der Waals surface area contributed by atoms with Crippen LogP contribution in [0.15, 0.2) is 48.5 Å². The van der Waals surface area contributed by atoms with E-state index in [0.29, 0.717) is 24.3 Å². The highest BCUT2D eigenvalue weighted by Gasteiger charge is 2.16. The van der Waals surface area contributed by atoms with Gasteiger partial charge in [-0.2, -0.15) is 0 Å². The first-order valence-electron chi connectivity index (χ1n) is 10.9. The van der Waals surface area contributed by atoms with Crippen molar-refractivity contribution in [3.05, 3.63) is 65.2 Å². The van der Waals surface area contributed by atoms with Crippen molar-refractivity contribution in [1.82, 2.24) is 10.2 Å². The number of likely N-dealkylation sites (tertiary alicyclic amines) is 1. The van der Waals surface area contributed by atoms with Gasteiger partial charge in [0.15, 0.2) is 12.4 Å². The average Bonchev–Trinajstić information content (AvgIpc) is 2.77. The van der Waals surface area contributed by atoms with Crippen molar-refractivity contribution < 1.29 is 14.3 Å². The van der Waals surface area contributed by atoms with Crippen LogP contribution in [0.2, 0.25) is 0 Å². The standard InChI is InChI=1S/C25H32N2O3/c1-3-24(28)22-10-12-23(13-11-22)30-18-25(29)26-15-20-6-8-21(9-7-20)17-27-14-4-5-19(2)16-27/h6-13,19H,3-5,14-18H2,1-2H3,(H,26,29). The lowest BCUT2D eigenvalue weighted by Gasteiger charge is -2.30. The van der Waals surface area contributed by atoms with E-state index < -0.39 is 0 Å². The Morgan fingerprint density at radius 3 is 2.43 bits per heavy atom. The van der Waals surface area contributed by atoms with Crippen LogP contribution in [0.5, 0.6) is 5.75 Å². The Morgan fingerprint density at radius 2 is 1.77 bits per heavy atom. The molecule has 2 aromatic rings. The Bertz CT molecular complexity index is 830. The second-order valence-electron chi connectivity index (χ2n) is 8.17. The molecule has 160 valence electrons. The van der Waals surface area contributed by atoms with E-state index in [4.69, 9.17) is 4.74 Å². The monoisotopic (exact) mass is 408 g/mol. The number of ketones is 1. The molecule has 0 radical (unpaired) electrons. The summed E-state index contributed by atoms with van der Waals surface area (Å²) in [5.41, 5.74) is 3.04. The molecule has 30 heavy (non-hydrogen) atoms. The van der Waals surface area contributed by atoms with Gasteiger partial charge in [-0.3, -0.25) is 14.5 Å². The lowest BCUT2D eigenvalue weighted by Crippen LogP contribution is -2.33. The quantitative estimate of drug-likeness (QED) is 0.632. The number of ether oxygens (including phenoxy) is 1. The van der Waals surface area contributed by atoms with E-state index in [9.17, 15) is 9.59 Å². The van der Waals surface area contributed by atoms with Gasteiger partial charge in [0.05, 0.1) is 0 Å². The lowest BCUT2D eigenvalue weighted by molar-refractivity contribution is -0.123. The fraction of sp³-hybridized carbons (Fsp3) is 0.440. The second-order valence-corrected chi connectivity index (χ2v) is 8.17. The first-order chi connectivity index (χ1) is 14.5. The smallest absolute Gasteiger partial charge is 0.258 e. The topological polar surface area (TPSA) is 58.6 Å². The highest BCUT2D eigenvalue weighted by molar-refractivity contribution is 5.95. The lowest BCUT2D eigenvalue weighted by atomic mass is 9.99. The van der Waals surface area contributed by atoms with Gasteiger partial charge in [0.1, 0.15) is 5.75 Å². The average molecular weight is 409 g/mol. The third-order valence-electron chi connectivity index (χ3n) is 5.53. The maximum Gasteiger partial charge on any atom is 0.258 e. The molecule has 1 heterocycles. The van der Waals surface area contributed by atoms with Gasteiger partial charge in [-0.25, -0.2) is 0 Å². The van der Waals surface area contributed by atoms with E-state index in [1.54, 1.807) is 24.3 Å². The number of nitrogens with one attached hydrogen (secondary N) is 1. The van der Waals surface area contributed by atoms with Gasteiger partial charge in [0, 0.05) is 31.6 Å². The Hall–Kier alpha value is -2.66. The van der Waals surface area contributed by atoms with Crippen LogP contribution in [0.25, 0.3) is 0 Å². The number of amides is 1. The third kappa shape index (κ3) is 6.70. The molecule has 1 fully saturated rings. The molecule has 3 rings (SSSR count). The number of hydrogen-bond donors (Lipinski definition) is 1. The van der Waals surface area contributed by atoms with Gasteiger partial charge in [0.2, 0.25) is 0 Å². The van der Waals surface area contributed by atoms with Crippen molar-refractivity contribution in [3.63, 3.8) is 0 Å². The predicted molar refractivity (Wildman–Crippen MR) is 119 cm³/mol. The summed E-state index contributed by atoms with van der Waals surface area (Å²) in [5.74, 6) is 1.28. The van der Waals surface area contributed by atoms with Crippen molar-refractivity contribution >= 4 is 11.7 Å². The Kier molecular flexibility index (Phi) is 8.03. The molecule has 0 spiro atoms. The van der Waals surface area contributed by atoms with Crippen LogP contribution < -0.4 is 10.1 Å². The third-order valence-corrected chi connectivity index (χ3v) is 5.53. The molecule has 5 nitrogen and oxygen atoms in total. The van der Waals surface area contributed by atoms with Gasteiger partial charge in [-0.1, -0.05) is 38.1 Å². The highest BCUT2D eigenvalue weighted by atomic mass is 16.5. The van der Waals surface area contributed by atoms with Crippen LogP contribution in [-0.2, 0) is 17.9 Å².